The molecule has 0 amide bonds. The van der Waals surface area contributed by atoms with E-state index in [1.807, 2.05) is 17.9 Å². The molecule has 2 rings (SSSR count). The molecule has 1 aromatic rings. The first-order chi connectivity index (χ1) is 7.79. The van der Waals surface area contributed by atoms with Gasteiger partial charge >= 0.3 is 0 Å². The molecule has 1 N–H and O–H groups in total. The third-order valence-electron chi connectivity index (χ3n) is 3.12. The number of methoxy groups -OCH3 is 1. The van der Waals surface area contributed by atoms with Crippen LogP contribution in [-0.4, -0.2) is 36.1 Å². The standard InChI is InChI=1S/C12H21N3O/c1-15-8-10(7-14-15)5-6-13-12(9-16-2)11-3-4-11/h7-8,11-13H,3-6,9H2,1-2H3. The van der Waals surface area contributed by atoms with Gasteiger partial charge in [-0.05, 0) is 37.3 Å². The van der Waals surface area contributed by atoms with Crippen LogP contribution < -0.4 is 5.32 Å². The van der Waals surface area contributed by atoms with Crippen LogP contribution in [-0.2, 0) is 18.2 Å². The van der Waals surface area contributed by atoms with Gasteiger partial charge in [-0.3, -0.25) is 4.68 Å². The highest BCUT2D eigenvalue weighted by Crippen LogP contribution is 2.32. The average molecular weight is 223 g/mol. The van der Waals surface area contributed by atoms with E-state index in [2.05, 4.69) is 16.6 Å². The van der Waals surface area contributed by atoms with Crippen LogP contribution in [0, 0.1) is 5.92 Å². The maximum atomic E-state index is 5.23. The van der Waals surface area contributed by atoms with Crippen molar-refractivity contribution in [1.29, 1.82) is 0 Å². The fraction of sp³-hybridized carbons (Fsp3) is 0.750. The fourth-order valence-corrected chi connectivity index (χ4v) is 2.04. The smallest absolute Gasteiger partial charge is 0.0618 e. The first kappa shape index (κ1) is 11.6. The van der Waals surface area contributed by atoms with Gasteiger partial charge in [0, 0.05) is 26.4 Å². The summed E-state index contributed by atoms with van der Waals surface area (Å²) < 4.78 is 7.08. The number of nitrogens with one attached hydrogen (secondary N) is 1. The van der Waals surface area contributed by atoms with Gasteiger partial charge in [0.05, 0.1) is 12.8 Å². The van der Waals surface area contributed by atoms with Gasteiger partial charge in [-0.2, -0.15) is 5.10 Å². The Bertz CT molecular complexity index is 320. The van der Waals surface area contributed by atoms with Crippen molar-refractivity contribution in [3.8, 4) is 0 Å². The molecule has 90 valence electrons. The van der Waals surface area contributed by atoms with E-state index in [4.69, 9.17) is 4.74 Å². The van der Waals surface area contributed by atoms with E-state index >= 15 is 0 Å². The third-order valence-corrected chi connectivity index (χ3v) is 3.12. The van der Waals surface area contributed by atoms with E-state index in [0.717, 1.165) is 25.5 Å². The molecule has 0 aliphatic heterocycles. The molecule has 16 heavy (non-hydrogen) atoms. The van der Waals surface area contributed by atoms with Crippen LogP contribution >= 0.6 is 0 Å². The van der Waals surface area contributed by atoms with Crippen LogP contribution in [0.25, 0.3) is 0 Å². The lowest BCUT2D eigenvalue weighted by Gasteiger charge is -2.16. The first-order valence-electron chi connectivity index (χ1n) is 5.99. The van der Waals surface area contributed by atoms with Crippen LogP contribution in [0.15, 0.2) is 12.4 Å². The number of rotatable bonds is 7. The van der Waals surface area contributed by atoms with Crippen LogP contribution in [0.4, 0.5) is 0 Å². The summed E-state index contributed by atoms with van der Waals surface area (Å²) >= 11 is 0. The Morgan fingerprint density at radius 2 is 2.44 bits per heavy atom. The van der Waals surface area contributed by atoms with Gasteiger partial charge in [-0.1, -0.05) is 0 Å². The minimum absolute atomic E-state index is 0.543. The lowest BCUT2D eigenvalue weighted by Crippen LogP contribution is -2.36. The van der Waals surface area contributed by atoms with Crippen molar-refractivity contribution in [2.45, 2.75) is 25.3 Å². The molecule has 0 aromatic carbocycles. The number of hydrogen-bond acceptors (Lipinski definition) is 3. The summed E-state index contributed by atoms with van der Waals surface area (Å²) in [5.41, 5.74) is 1.29. The minimum Gasteiger partial charge on any atom is -0.383 e. The van der Waals surface area contributed by atoms with Crippen LogP contribution in [0.5, 0.6) is 0 Å². The van der Waals surface area contributed by atoms with Gasteiger partial charge in [-0.25, -0.2) is 0 Å². The average Bonchev–Trinajstić information content (AvgIpc) is 3.02. The molecule has 1 saturated carbocycles. The predicted octanol–water partition coefficient (Wildman–Crippen LogP) is 0.977. The number of hydrogen-bond donors (Lipinski definition) is 1. The maximum Gasteiger partial charge on any atom is 0.0618 e. The monoisotopic (exact) mass is 223 g/mol. The van der Waals surface area contributed by atoms with Gasteiger partial charge in [0.25, 0.3) is 0 Å². The molecule has 1 aliphatic carbocycles. The molecule has 4 heteroatoms. The molecule has 1 unspecified atom stereocenters. The van der Waals surface area contributed by atoms with E-state index < -0.39 is 0 Å². The highest BCUT2D eigenvalue weighted by molar-refractivity contribution is 5.04. The SMILES string of the molecule is COCC(NCCc1cnn(C)c1)C1CC1. The Labute approximate surface area is 97.0 Å². The van der Waals surface area contributed by atoms with Crippen molar-refractivity contribution in [2.75, 3.05) is 20.3 Å². The van der Waals surface area contributed by atoms with Crippen molar-refractivity contribution in [2.24, 2.45) is 13.0 Å². The molecule has 1 heterocycles. The second-order valence-corrected chi connectivity index (χ2v) is 4.63. The zero-order valence-corrected chi connectivity index (χ0v) is 10.1. The van der Waals surface area contributed by atoms with Gasteiger partial charge in [-0.15, -0.1) is 0 Å². The number of aryl methyl sites for hydroxylation is 1. The molecule has 0 saturated heterocycles. The molecular formula is C12H21N3O. The molecular weight excluding hydrogens is 202 g/mol. The normalized spacial score (nSPS) is 17.6. The van der Waals surface area contributed by atoms with Crippen LogP contribution in [0.3, 0.4) is 0 Å². The maximum absolute atomic E-state index is 5.23. The summed E-state index contributed by atoms with van der Waals surface area (Å²) in [6, 6.07) is 0.543. The van der Waals surface area contributed by atoms with Crippen molar-refractivity contribution in [3.63, 3.8) is 0 Å². The van der Waals surface area contributed by atoms with Gasteiger partial charge in [0.1, 0.15) is 0 Å². The lowest BCUT2D eigenvalue weighted by atomic mass is 10.2. The molecule has 1 atom stereocenters. The molecule has 4 nitrogen and oxygen atoms in total. The largest absolute Gasteiger partial charge is 0.383 e. The van der Waals surface area contributed by atoms with E-state index in [1.165, 1.54) is 18.4 Å². The third kappa shape index (κ3) is 3.32. The molecule has 0 spiro atoms. The zero-order valence-electron chi connectivity index (χ0n) is 10.1. The Hall–Kier alpha value is -0.870. The molecule has 1 fully saturated rings. The Morgan fingerprint density at radius 3 is 3.00 bits per heavy atom. The van der Waals surface area contributed by atoms with E-state index in [-0.39, 0.29) is 0 Å². The van der Waals surface area contributed by atoms with E-state index in [9.17, 15) is 0 Å². The van der Waals surface area contributed by atoms with Crippen molar-refractivity contribution in [3.05, 3.63) is 18.0 Å². The van der Waals surface area contributed by atoms with Gasteiger partial charge < -0.3 is 10.1 Å². The Kier molecular flexibility index (Phi) is 3.96. The van der Waals surface area contributed by atoms with Crippen LogP contribution in [0.1, 0.15) is 18.4 Å². The van der Waals surface area contributed by atoms with Crippen molar-refractivity contribution >= 4 is 0 Å². The second-order valence-electron chi connectivity index (χ2n) is 4.63. The molecule has 1 aliphatic rings. The summed E-state index contributed by atoms with van der Waals surface area (Å²) in [6.45, 7) is 1.84. The summed E-state index contributed by atoms with van der Waals surface area (Å²) in [5, 5.41) is 7.74. The lowest BCUT2D eigenvalue weighted by molar-refractivity contribution is 0.158. The summed E-state index contributed by atoms with van der Waals surface area (Å²) in [6.07, 6.45) is 7.76. The van der Waals surface area contributed by atoms with Gasteiger partial charge in [0.15, 0.2) is 0 Å². The number of aromatic nitrogens is 2. The Morgan fingerprint density at radius 1 is 1.62 bits per heavy atom. The zero-order chi connectivity index (χ0) is 11.4. The van der Waals surface area contributed by atoms with E-state index in [0.29, 0.717) is 6.04 Å². The minimum atomic E-state index is 0.543. The quantitative estimate of drug-likeness (QED) is 0.749. The number of ether oxygens (including phenoxy) is 1. The summed E-state index contributed by atoms with van der Waals surface area (Å²) in [4.78, 5) is 0. The molecule has 1 aromatic heterocycles. The predicted molar refractivity (Wildman–Crippen MR) is 63.3 cm³/mol. The number of nitrogens with zero attached hydrogens (tertiary/aromatic N) is 2. The van der Waals surface area contributed by atoms with Crippen LogP contribution in [0.2, 0.25) is 0 Å². The molecule has 0 radical (unpaired) electrons. The summed E-state index contributed by atoms with van der Waals surface area (Å²) in [7, 11) is 3.73. The second kappa shape index (κ2) is 5.46. The summed E-state index contributed by atoms with van der Waals surface area (Å²) in [5.74, 6) is 0.842. The van der Waals surface area contributed by atoms with E-state index in [1.54, 1.807) is 7.11 Å². The molecule has 0 bridgehead atoms. The van der Waals surface area contributed by atoms with Crippen molar-refractivity contribution in [1.82, 2.24) is 15.1 Å². The van der Waals surface area contributed by atoms with Gasteiger partial charge in [0.2, 0.25) is 0 Å². The topological polar surface area (TPSA) is 39.1 Å². The Balaban J connectivity index is 1.69. The van der Waals surface area contributed by atoms with Crippen molar-refractivity contribution < 1.29 is 4.74 Å². The highest BCUT2D eigenvalue weighted by Gasteiger charge is 2.30. The first-order valence-corrected chi connectivity index (χ1v) is 5.99. The highest BCUT2D eigenvalue weighted by atomic mass is 16.5. The fourth-order valence-electron chi connectivity index (χ4n) is 2.04.